The fraction of sp³-hybridized carbons (Fsp3) is 0.0714. The van der Waals surface area contributed by atoms with Crippen LogP contribution in [0.25, 0.3) is 0 Å². The van der Waals surface area contributed by atoms with Crippen molar-refractivity contribution in [3.05, 3.63) is 63.1 Å². The minimum Gasteiger partial charge on any atom is -0.488 e. The second kappa shape index (κ2) is 6.08. The Morgan fingerprint density at radius 1 is 1.21 bits per heavy atom. The van der Waals surface area contributed by atoms with E-state index in [-0.39, 0.29) is 0 Å². The van der Waals surface area contributed by atoms with Gasteiger partial charge in [-0.3, -0.25) is 4.79 Å². The summed E-state index contributed by atoms with van der Waals surface area (Å²) in [7, 11) is 0. The summed E-state index contributed by atoms with van der Waals surface area (Å²) in [5.41, 5.74) is 6.64. The molecule has 3 nitrogen and oxygen atoms in total. The van der Waals surface area contributed by atoms with Crippen molar-refractivity contribution in [2.45, 2.75) is 6.61 Å². The summed E-state index contributed by atoms with van der Waals surface area (Å²) >= 11 is 9.16. The summed E-state index contributed by atoms with van der Waals surface area (Å²) in [6.07, 6.45) is 0. The van der Waals surface area contributed by atoms with Crippen LogP contribution in [0.2, 0.25) is 5.02 Å². The fourth-order valence-corrected chi connectivity index (χ4v) is 2.13. The lowest BCUT2D eigenvalue weighted by atomic mass is 10.2. The molecule has 1 amide bonds. The maximum Gasteiger partial charge on any atom is 0.248 e. The standard InChI is InChI=1S/C14H11BrClNO2/c15-12-7-10(14(17)18)3-6-13(12)19-8-9-1-4-11(16)5-2-9/h1-7H,8H2,(H2,17,18). The predicted molar refractivity (Wildman–Crippen MR) is 78.4 cm³/mol. The molecule has 0 unspecified atom stereocenters. The van der Waals surface area contributed by atoms with Crippen molar-refractivity contribution >= 4 is 33.4 Å². The molecule has 0 radical (unpaired) electrons. The third kappa shape index (κ3) is 3.72. The van der Waals surface area contributed by atoms with E-state index in [1.54, 1.807) is 18.2 Å². The zero-order valence-corrected chi connectivity index (χ0v) is 12.2. The number of halogens is 2. The minimum absolute atomic E-state index is 0.422. The van der Waals surface area contributed by atoms with Gasteiger partial charge >= 0.3 is 0 Å². The first kappa shape index (κ1) is 13.9. The van der Waals surface area contributed by atoms with Crippen molar-refractivity contribution in [2.24, 2.45) is 5.73 Å². The normalized spacial score (nSPS) is 10.2. The van der Waals surface area contributed by atoms with Gasteiger partial charge in [0.1, 0.15) is 12.4 Å². The lowest BCUT2D eigenvalue weighted by Gasteiger charge is -2.09. The van der Waals surface area contributed by atoms with Crippen LogP contribution in [-0.2, 0) is 6.61 Å². The first-order chi connectivity index (χ1) is 9.06. The van der Waals surface area contributed by atoms with Crippen LogP contribution in [0.15, 0.2) is 46.9 Å². The molecule has 2 aromatic rings. The molecule has 2 aromatic carbocycles. The van der Waals surface area contributed by atoms with Gasteiger partial charge in [0.05, 0.1) is 4.47 Å². The molecule has 0 fully saturated rings. The number of nitrogens with two attached hydrogens (primary N) is 1. The summed E-state index contributed by atoms with van der Waals surface area (Å²) in [4.78, 5) is 11.0. The van der Waals surface area contributed by atoms with E-state index < -0.39 is 5.91 Å². The Labute approximate surface area is 124 Å². The molecule has 0 aromatic heterocycles. The second-order valence-corrected chi connectivity index (χ2v) is 5.22. The number of amides is 1. The SMILES string of the molecule is NC(=O)c1ccc(OCc2ccc(Cl)cc2)c(Br)c1. The molecule has 98 valence electrons. The quantitative estimate of drug-likeness (QED) is 0.921. The van der Waals surface area contributed by atoms with E-state index >= 15 is 0 Å². The molecular formula is C14H11BrClNO2. The average molecular weight is 341 g/mol. The van der Waals surface area contributed by atoms with Gasteiger partial charge in [0.25, 0.3) is 0 Å². The third-order valence-electron chi connectivity index (χ3n) is 2.52. The maximum atomic E-state index is 11.0. The topological polar surface area (TPSA) is 52.3 Å². The molecule has 0 aliphatic heterocycles. The number of carbonyl (C=O) groups excluding carboxylic acids is 1. The lowest BCUT2D eigenvalue weighted by molar-refractivity contribution is 0.1000. The molecule has 2 N–H and O–H groups in total. The highest BCUT2D eigenvalue weighted by molar-refractivity contribution is 9.10. The molecule has 0 saturated heterocycles. The Morgan fingerprint density at radius 2 is 1.89 bits per heavy atom. The Morgan fingerprint density at radius 3 is 2.47 bits per heavy atom. The van der Waals surface area contributed by atoms with Crippen LogP contribution < -0.4 is 10.5 Å². The van der Waals surface area contributed by atoms with Gasteiger partial charge in [-0.15, -0.1) is 0 Å². The van der Waals surface area contributed by atoms with E-state index in [0.29, 0.717) is 27.4 Å². The van der Waals surface area contributed by atoms with E-state index in [1.807, 2.05) is 24.3 Å². The number of carbonyl (C=O) groups is 1. The van der Waals surface area contributed by atoms with Crippen molar-refractivity contribution in [3.63, 3.8) is 0 Å². The van der Waals surface area contributed by atoms with Crippen molar-refractivity contribution in [1.29, 1.82) is 0 Å². The Hall–Kier alpha value is -1.52. The summed E-state index contributed by atoms with van der Waals surface area (Å²) < 4.78 is 6.35. The van der Waals surface area contributed by atoms with E-state index in [4.69, 9.17) is 22.1 Å². The molecule has 0 aliphatic rings. The van der Waals surface area contributed by atoms with E-state index in [1.165, 1.54) is 0 Å². The average Bonchev–Trinajstić information content (AvgIpc) is 2.39. The van der Waals surface area contributed by atoms with E-state index in [0.717, 1.165) is 5.56 Å². The minimum atomic E-state index is -0.468. The van der Waals surface area contributed by atoms with Gasteiger partial charge in [0.2, 0.25) is 5.91 Å². The van der Waals surface area contributed by atoms with Gasteiger partial charge in [0, 0.05) is 10.6 Å². The van der Waals surface area contributed by atoms with Crippen molar-refractivity contribution in [1.82, 2.24) is 0 Å². The maximum absolute atomic E-state index is 11.0. The van der Waals surface area contributed by atoms with Crippen molar-refractivity contribution in [3.8, 4) is 5.75 Å². The summed E-state index contributed by atoms with van der Waals surface area (Å²) in [6, 6.07) is 12.4. The van der Waals surface area contributed by atoms with Crippen LogP contribution in [-0.4, -0.2) is 5.91 Å². The van der Waals surface area contributed by atoms with E-state index in [9.17, 15) is 4.79 Å². The first-order valence-electron chi connectivity index (χ1n) is 5.53. The predicted octanol–water partition coefficient (Wildman–Crippen LogP) is 3.78. The first-order valence-corrected chi connectivity index (χ1v) is 6.70. The summed E-state index contributed by atoms with van der Waals surface area (Å²) in [5, 5.41) is 0.691. The fourth-order valence-electron chi connectivity index (χ4n) is 1.51. The highest BCUT2D eigenvalue weighted by Crippen LogP contribution is 2.26. The highest BCUT2D eigenvalue weighted by atomic mass is 79.9. The number of hydrogen-bond donors (Lipinski definition) is 1. The van der Waals surface area contributed by atoms with Crippen LogP contribution in [0.4, 0.5) is 0 Å². The molecule has 0 saturated carbocycles. The molecule has 5 heteroatoms. The summed E-state index contributed by atoms with van der Waals surface area (Å²) in [6.45, 7) is 0.422. The number of rotatable bonds is 4. The highest BCUT2D eigenvalue weighted by Gasteiger charge is 2.06. The number of benzene rings is 2. The van der Waals surface area contributed by atoms with Gasteiger partial charge in [-0.1, -0.05) is 23.7 Å². The largest absolute Gasteiger partial charge is 0.488 e. The lowest BCUT2D eigenvalue weighted by Crippen LogP contribution is -2.10. The van der Waals surface area contributed by atoms with Gasteiger partial charge in [-0.05, 0) is 51.8 Å². The van der Waals surface area contributed by atoms with Gasteiger partial charge in [-0.2, -0.15) is 0 Å². The van der Waals surface area contributed by atoms with E-state index in [2.05, 4.69) is 15.9 Å². The number of ether oxygens (including phenoxy) is 1. The molecule has 2 rings (SSSR count). The second-order valence-electron chi connectivity index (χ2n) is 3.92. The number of primary amides is 1. The Balaban J connectivity index is 2.07. The molecule has 0 bridgehead atoms. The van der Waals surface area contributed by atoms with Crippen LogP contribution in [0, 0.1) is 0 Å². The van der Waals surface area contributed by atoms with Crippen molar-refractivity contribution < 1.29 is 9.53 Å². The van der Waals surface area contributed by atoms with Crippen molar-refractivity contribution in [2.75, 3.05) is 0 Å². The molecular weight excluding hydrogens is 330 g/mol. The van der Waals surface area contributed by atoms with Crippen LogP contribution in [0.1, 0.15) is 15.9 Å². The molecule has 0 aliphatic carbocycles. The van der Waals surface area contributed by atoms with Gasteiger partial charge in [-0.25, -0.2) is 0 Å². The third-order valence-corrected chi connectivity index (χ3v) is 3.40. The number of hydrogen-bond acceptors (Lipinski definition) is 2. The Kier molecular flexibility index (Phi) is 4.45. The van der Waals surface area contributed by atoms with Crippen LogP contribution >= 0.6 is 27.5 Å². The Bertz CT molecular complexity index is 599. The van der Waals surface area contributed by atoms with Crippen LogP contribution in [0.5, 0.6) is 5.75 Å². The molecule has 0 spiro atoms. The summed E-state index contributed by atoms with van der Waals surface area (Å²) in [5.74, 6) is 0.185. The monoisotopic (exact) mass is 339 g/mol. The molecule has 0 atom stereocenters. The molecule has 19 heavy (non-hydrogen) atoms. The zero-order chi connectivity index (χ0) is 13.8. The van der Waals surface area contributed by atoms with Gasteiger partial charge < -0.3 is 10.5 Å². The smallest absolute Gasteiger partial charge is 0.248 e. The zero-order valence-electron chi connectivity index (χ0n) is 9.90. The molecule has 0 heterocycles. The van der Waals surface area contributed by atoms with Gasteiger partial charge in [0.15, 0.2) is 0 Å². The van der Waals surface area contributed by atoms with Crippen LogP contribution in [0.3, 0.4) is 0 Å².